The lowest BCUT2D eigenvalue weighted by Crippen LogP contribution is -2.68. The van der Waals surface area contributed by atoms with Gasteiger partial charge in [-0.3, -0.25) is 4.79 Å². The molecule has 0 spiro atoms. The molecule has 26 heavy (non-hydrogen) atoms. The molecule has 1 saturated carbocycles. The average molecular weight is 369 g/mol. The summed E-state index contributed by atoms with van der Waals surface area (Å²) >= 11 is 0. The van der Waals surface area contributed by atoms with E-state index in [1.165, 1.54) is 17.3 Å². The van der Waals surface area contributed by atoms with Crippen LogP contribution in [0.1, 0.15) is 40.5 Å². The summed E-state index contributed by atoms with van der Waals surface area (Å²) in [5.74, 6) is -0.209. The molecule has 1 aliphatic rings. The molecule has 3 rings (SSSR count). The maximum absolute atomic E-state index is 11.2. The van der Waals surface area contributed by atoms with Crippen molar-refractivity contribution in [3.8, 4) is 0 Å². The van der Waals surface area contributed by atoms with Crippen LogP contribution >= 0.6 is 0 Å². The predicted molar refractivity (Wildman–Crippen MR) is 107 cm³/mol. The Morgan fingerprint density at radius 2 is 1.35 bits per heavy atom. The minimum Gasteiger partial charge on any atom is -0.462 e. The number of rotatable bonds is 5. The number of esters is 1. The third-order valence-corrected chi connectivity index (χ3v) is 10.2. The van der Waals surface area contributed by atoms with Gasteiger partial charge in [0, 0.05) is 19.8 Å². The third kappa shape index (κ3) is 3.62. The molecule has 138 valence electrons. The van der Waals surface area contributed by atoms with Crippen molar-refractivity contribution in [1.82, 2.24) is 0 Å². The average Bonchev–Trinajstić information content (AvgIpc) is 2.57. The molecule has 1 aliphatic carbocycles. The van der Waals surface area contributed by atoms with Gasteiger partial charge in [0.1, 0.15) is 6.10 Å². The Morgan fingerprint density at radius 3 is 1.73 bits per heavy atom. The Bertz CT molecular complexity index is 691. The first-order valence-electron chi connectivity index (χ1n) is 9.29. The fourth-order valence-corrected chi connectivity index (χ4v) is 8.59. The van der Waals surface area contributed by atoms with Crippen molar-refractivity contribution in [2.75, 3.05) is 0 Å². The Labute approximate surface area is 157 Å². The number of benzene rings is 2. The minimum atomic E-state index is -2.49. The van der Waals surface area contributed by atoms with Gasteiger partial charge in [-0.15, -0.1) is 0 Å². The fourth-order valence-electron chi connectivity index (χ4n) is 3.89. The Kier molecular flexibility index (Phi) is 5.35. The summed E-state index contributed by atoms with van der Waals surface area (Å²) in [7, 11) is -2.49. The quantitative estimate of drug-likeness (QED) is 0.597. The highest BCUT2D eigenvalue weighted by atomic mass is 28.4. The van der Waals surface area contributed by atoms with Crippen molar-refractivity contribution < 1.29 is 14.0 Å². The van der Waals surface area contributed by atoms with Crippen molar-refractivity contribution >= 4 is 24.7 Å². The molecule has 3 nitrogen and oxygen atoms in total. The molecule has 4 heteroatoms. The van der Waals surface area contributed by atoms with E-state index in [-0.39, 0.29) is 23.2 Å². The van der Waals surface area contributed by atoms with Gasteiger partial charge in [-0.1, -0.05) is 81.4 Å². The molecule has 2 aromatic rings. The lowest BCUT2D eigenvalue weighted by molar-refractivity contribution is -0.155. The number of ether oxygens (including phenoxy) is 1. The van der Waals surface area contributed by atoms with E-state index in [0.29, 0.717) is 0 Å². The van der Waals surface area contributed by atoms with Gasteiger partial charge >= 0.3 is 5.97 Å². The predicted octanol–water partition coefficient (Wildman–Crippen LogP) is 3.66. The maximum atomic E-state index is 11.2. The number of carbonyl (C=O) groups excluding carboxylic acids is 1. The monoisotopic (exact) mass is 368 g/mol. The van der Waals surface area contributed by atoms with E-state index in [1.807, 2.05) is 0 Å². The molecule has 0 heterocycles. The first-order chi connectivity index (χ1) is 12.3. The molecule has 0 aliphatic heterocycles. The molecule has 0 bridgehead atoms. The second kappa shape index (κ2) is 7.37. The molecule has 0 atom stereocenters. The summed E-state index contributed by atoms with van der Waals surface area (Å²) in [6.45, 7) is 8.31. The smallest absolute Gasteiger partial charge is 0.302 e. The van der Waals surface area contributed by atoms with Crippen molar-refractivity contribution in [3.05, 3.63) is 60.7 Å². The maximum Gasteiger partial charge on any atom is 0.302 e. The van der Waals surface area contributed by atoms with Crippen molar-refractivity contribution in [3.63, 3.8) is 0 Å². The summed E-state index contributed by atoms with van der Waals surface area (Å²) in [5.41, 5.74) is 0. The van der Waals surface area contributed by atoms with Crippen LogP contribution in [0.2, 0.25) is 5.04 Å². The normalized spacial score (nSPS) is 20.3. The van der Waals surface area contributed by atoms with Gasteiger partial charge in [-0.2, -0.15) is 0 Å². The highest BCUT2D eigenvalue weighted by Crippen LogP contribution is 2.40. The summed E-state index contributed by atoms with van der Waals surface area (Å²) < 4.78 is 12.3. The van der Waals surface area contributed by atoms with Crippen molar-refractivity contribution in [1.29, 1.82) is 0 Å². The van der Waals surface area contributed by atoms with E-state index in [4.69, 9.17) is 9.16 Å². The lowest BCUT2D eigenvalue weighted by Gasteiger charge is -2.48. The molecule has 0 amide bonds. The van der Waals surface area contributed by atoms with Crippen LogP contribution in [0, 0.1) is 0 Å². The third-order valence-electron chi connectivity index (χ3n) is 5.14. The van der Waals surface area contributed by atoms with Crippen LogP contribution in [0.3, 0.4) is 0 Å². The van der Waals surface area contributed by atoms with E-state index < -0.39 is 8.32 Å². The summed E-state index contributed by atoms with van der Waals surface area (Å²) in [6, 6.07) is 21.3. The highest BCUT2D eigenvalue weighted by Gasteiger charge is 2.53. The van der Waals surface area contributed by atoms with Crippen LogP contribution in [0.25, 0.3) is 0 Å². The number of hydrogen-bond acceptors (Lipinski definition) is 3. The van der Waals surface area contributed by atoms with Gasteiger partial charge < -0.3 is 9.16 Å². The number of carbonyl (C=O) groups is 1. The van der Waals surface area contributed by atoms with Crippen LogP contribution in [0.15, 0.2) is 60.7 Å². The van der Waals surface area contributed by atoms with Crippen LogP contribution in [0.4, 0.5) is 0 Å². The molecule has 0 N–H and O–H groups in total. The standard InChI is InChI=1S/C22H28O3Si/c1-17(23)24-18-15-19(16-18)25-26(22(2,3)4,20-11-7-5-8-12-20)21-13-9-6-10-14-21/h5-14,18-19H,15-16H2,1-4H3. The SMILES string of the molecule is CC(=O)OC1CC(O[Si](c2ccccc2)(c2ccccc2)C(C)(C)C)C1. The second-order valence-electron chi connectivity index (χ2n) is 8.11. The van der Waals surface area contributed by atoms with Crippen molar-refractivity contribution in [2.24, 2.45) is 0 Å². The first-order valence-corrected chi connectivity index (χ1v) is 11.2. The summed E-state index contributed by atoms with van der Waals surface area (Å²) in [4.78, 5) is 11.2. The zero-order valence-electron chi connectivity index (χ0n) is 16.1. The summed E-state index contributed by atoms with van der Waals surface area (Å²) in [6.07, 6.45) is 1.69. The zero-order chi connectivity index (χ0) is 18.8. The van der Waals surface area contributed by atoms with E-state index in [0.717, 1.165) is 12.8 Å². The van der Waals surface area contributed by atoms with E-state index in [9.17, 15) is 4.79 Å². The Balaban J connectivity index is 1.98. The fraction of sp³-hybridized carbons (Fsp3) is 0.409. The zero-order valence-corrected chi connectivity index (χ0v) is 17.1. The van der Waals surface area contributed by atoms with Gasteiger partial charge in [0.2, 0.25) is 0 Å². The van der Waals surface area contributed by atoms with Gasteiger partial charge in [0.05, 0.1) is 6.10 Å². The van der Waals surface area contributed by atoms with Gasteiger partial charge in [-0.05, 0) is 15.4 Å². The highest BCUT2D eigenvalue weighted by molar-refractivity contribution is 6.99. The molecule has 0 radical (unpaired) electrons. The van der Waals surface area contributed by atoms with Crippen molar-refractivity contribution in [2.45, 2.75) is 57.8 Å². The van der Waals surface area contributed by atoms with Gasteiger partial charge in [0.25, 0.3) is 8.32 Å². The van der Waals surface area contributed by atoms with E-state index in [1.54, 1.807) is 0 Å². The van der Waals surface area contributed by atoms with Crippen LogP contribution in [-0.4, -0.2) is 26.5 Å². The van der Waals surface area contributed by atoms with Gasteiger partial charge in [-0.25, -0.2) is 0 Å². The second-order valence-corrected chi connectivity index (χ2v) is 12.4. The molecule has 0 unspecified atom stereocenters. The van der Waals surface area contributed by atoms with Crippen LogP contribution < -0.4 is 10.4 Å². The van der Waals surface area contributed by atoms with E-state index >= 15 is 0 Å². The summed E-state index contributed by atoms with van der Waals surface area (Å²) in [5, 5.41) is 2.55. The molecule has 2 aromatic carbocycles. The Hall–Kier alpha value is -1.91. The molecule has 0 aromatic heterocycles. The largest absolute Gasteiger partial charge is 0.462 e. The lowest BCUT2D eigenvalue weighted by atomic mass is 9.92. The van der Waals surface area contributed by atoms with E-state index in [2.05, 4.69) is 81.4 Å². The minimum absolute atomic E-state index is 0.00397. The molecular formula is C22H28O3Si. The molecule has 1 fully saturated rings. The molecule has 0 saturated heterocycles. The van der Waals surface area contributed by atoms with Crippen LogP contribution in [0.5, 0.6) is 0 Å². The molecular weight excluding hydrogens is 340 g/mol. The Morgan fingerprint density at radius 1 is 0.885 bits per heavy atom. The van der Waals surface area contributed by atoms with Crippen LogP contribution in [-0.2, 0) is 14.0 Å². The van der Waals surface area contributed by atoms with Gasteiger partial charge in [0.15, 0.2) is 0 Å². The first kappa shape index (κ1) is 18.9. The topological polar surface area (TPSA) is 35.5 Å². The number of hydrogen-bond donors (Lipinski definition) is 0.